The Bertz CT molecular complexity index is 124. The molecule has 0 radical (unpaired) electrons. The fraction of sp³-hybridized carbons (Fsp3) is 1.00. The van der Waals surface area contributed by atoms with Crippen LogP contribution in [0.25, 0.3) is 0 Å². The molecule has 1 nitrogen and oxygen atoms in total. The fourth-order valence-corrected chi connectivity index (χ4v) is 0. The van der Waals surface area contributed by atoms with Crippen LogP contribution in [0, 0.1) is 0 Å². The van der Waals surface area contributed by atoms with Crippen LogP contribution in [-0.4, -0.2) is 18.2 Å². The van der Waals surface area contributed by atoms with Crippen LogP contribution in [0.5, 0.6) is 0 Å². The fourth-order valence-electron chi connectivity index (χ4n) is 0. The minimum atomic E-state index is -3.02. The van der Waals surface area contributed by atoms with Gasteiger partial charge in [0.25, 0.3) is 0 Å². The van der Waals surface area contributed by atoms with Gasteiger partial charge in [-0.05, 0) is 13.3 Å². The highest BCUT2D eigenvalue weighted by atomic mass is 32.4. The largest absolute Gasteiger partial charge is 0.366 e. The summed E-state index contributed by atoms with van der Waals surface area (Å²) in [5.74, 6) is 0. The van der Waals surface area contributed by atoms with Crippen LogP contribution in [0.1, 0.15) is 4.11 Å². The van der Waals surface area contributed by atoms with Crippen LogP contribution < -0.4 is 0 Å². The molecule has 0 amide bonds. The SMILES string of the molecule is [2H]C([2H])([2H])P(C)(O)=S. The van der Waals surface area contributed by atoms with Gasteiger partial charge in [-0.15, -0.1) is 0 Å². The summed E-state index contributed by atoms with van der Waals surface area (Å²) in [7, 11) is 0. The molecule has 0 fully saturated rings. The molecule has 0 spiro atoms. The molecule has 0 rings (SSSR count). The van der Waals surface area contributed by atoms with Crippen LogP contribution in [0.3, 0.4) is 0 Å². The van der Waals surface area contributed by atoms with Gasteiger partial charge in [-0.25, -0.2) is 0 Å². The average molecular weight is 113 g/mol. The Morgan fingerprint density at radius 3 is 2.40 bits per heavy atom. The van der Waals surface area contributed by atoms with E-state index < -0.39 is 12.9 Å². The van der Waals surface area contributed by atoms with Gasteiger partial charge in [0.2, 0.25) is 0 Å². The summed E-state index contributed by atoms with van der Waals surface area (Å²) < 4.78 is 19.8. The molecule has 3 heteroatoms. The van der Waals surface area contributed by atoms with Gasteiger partial charge in [0.05, 0.1) is 6.26 Å². The molecule has 0 aromatic heterocycles. The predicted molar refractivity (Wildman–Crippen MR) is 28.4 cm³/mol. The van der Waals surface area contributed by atoms with E-state index in [2.05, 4.69) is 11.8 Å². The van der Waals surface area contributed by atoms with Crippen molar-refractivity contribution in [2.45, 2.75) is 0 Å². The third kappa shape index (κ3) is 84.4. The highest BCUT2D eigenvalue weighted by Crippen LogP contribution is 2.28. The van der Waals surface area contributed by atoms with Crippen molar-refractivity contribution in [3.05, 3.63) is 0 Å². The summed E-state index contributed by atoms with van der Waals surface area (Å²) in [5.41, 5.74) is 0. The molecule has 1 unspecified atom stereocenters. The Balaban J connectivity index is 4.26. The van der Waals surface area contributed by atoms with Crippen molar-refractivity contribution in [1.82, 2.24) is 0 Å². The van der Waals surface area contributed by atoms with Gasteiger partial charge < -0.3 is 4.89 Å². The van der Waals surface area contributed by atoms with Crippen LogP contribution >= 0.6 is 6.26 Å². The summed E-state index contributed by atoms with van der Waals surface area (Å²) in [4.78, 5) is 8.72. The lowest BCUT2D eigenvalue weighted by Crippen LogP contribution is -1.62. The Hall–Kier alpha value is 0.610. The number of rotatable bonds is 0. The minimum absolute atomic E-state index is 1.19. The maximum absolute atomic E-state index is 8.72. The highest BCUT2D eigenvalue weighted by Gasteiger charge is 1.85. The molecule has 0 bridgehead atoms. The standard InChI is InChI=1S/C2H7OPS/c1-4(2,3)5/h1-2H3,(H,3,5)/i1D3. The quantitative estimate of drug-likeness (QED) is 0.465. The summed E-state index contributed by atoms with van der Waals surface area (Å²) in [6, 6.07) is 0. The van der Waals surface area contributed by atoms with Crippen molar-refractivity contribution in [3.8, 4) is 0 Å². The van der Waals surface area contributed by atoms with Gasteiger partial charge >= 0.3 is 0 Å². The van der Waals surface area contributed by atoms with Gasteiger partial charge in [0.1, 0.15) is 0 Å². The first-order valence-corrected chi connectivity index (χ1v) is 4.26. The van der Waals surface area contributed by atoms with Crippen molar-refractivity contribution in [2.75, 3.05) is 13.3 Å². The zero-order valence-electron chi connectivity index (χ0n) is 5.80. The zero-order chi connectivity index (χ0) is 7.00. The molecular weight excluding hydrogens is 103 g/mol. The Morgan fingerprint density at radius 2 is 2.40 bits per heavy atom. The van der Waals surface area contributed by atoms with E-state index in [-0.39, 0.29) is 0 Å². The van der Waals surface area contributed by atoms with Gasteiger partial charge in [0, 0.05) is 4.11 Å². The smallest absolute Gasteiger partial charge is 0.0578 e. The van der Waals surface area contributed by atoms with Gasteiger partial charge in [-0.2, -0.15) is 0 Å². The van der Waals surface area contributed by atoms with Gasteiger partial charge in [-0.1, -0.05) is 11.8 Å². The topological polar surface area (TPSA) is 20.2 Å². The van der Waals surface area contributed by atoms with Crippen LogP contribution in [-0.2, 0) is 11.8 Å². The van der Waals surface area contributed by atoms with Crippen LogP contribution in [0.15, 0.2) is 0 Å². The van der Waals surface area contributed by atoms with E-state index in [1.807, 2.05) is 0 Å². The van der Waals surface area contributed by atoms with E-state index in [0.29, 0.717) is 0 Å². The molecule has 0 saturated carbocycles. The van der Waals surface area contributed by atoms with E-state index in [9.17, 15) is 0 Å². The Kier molecular flexibility index (Phi) is 0.566. The van der Waals surface area contributed by atoms with Crippen LogP contribution in [0.2, 0.25) is 0 Å². The van der Waals surface area contributed by atoms with E-state index in [1.54, 1.807) is 0 Å². The number of hydrogen-bond acceptors (Lipinski definition) is 1. The van der Waals surface area contributed by atoms with Gasteiger partial charge in [0.15, 0.2) is 0 Å². The second-order valence-corrected chi connectivity index (χ2v) is 4.77. The lowest BCUT2D eigenvalue weighted by atomic mass is 11.9. The van der Waals surface area contributed by atoms with Crippen molar-refractivity contribution < 1.29 is 9.01 Å². The minimum Gasteiger partial charge on any atom is -0.366 e. The maximum Gasteiger partial charge on any atom is 0.0578 e. The second kappa shape index (κ2) is 1.38. The molecule has 0 aliphatic carbocycles. The third-order valence-corrected chi connectivity index (χ3v) is 0. The van der Waals surface area contributed by atoms with E-state index in [4.69, 9.17) is 9.01 Å². The Morgan fingerprint density at radius 1 is 2.20 bits per heavy atom. The number of hydrogen-bond donors (Lipinski definition) is 1. The molecule has 0 aliphatic rings. The van der Waals surface area contributed by atoms with E-state index >= 15 is 0 Å². The molecule has 0 saturated heterocycles. The summed E-state index contributed by atoms with van der Waals surface area (Å²) in [5, 5.41) is 0. The molecule has 0 aromatic rings. The lowest BCUT2D eigenvalue weighted by Gasteiger charge is -1.91. The second-order valence-electron chi connectivity index (χ2n) is 0.879. The molecule has 0 aromatic carbocycles. The molecule has 1 atom stereocenters. The summed E-state index contributed by atoms with van der Waals surface area (Å²) >= 11 is 4.33. The Labute approximate surface area is 41.3 Å². The summed E-state index contributed by atoms with van der Waals surface area (Å²) in [6.07, 6.45) is -3.02. The first-order valence-electron chi connectivity index (χ1n) is 2.55. The molecule has 5 heavy (non-hydrogen) atoms. The van der Waals surface area contributed by atoms with Crippen molar-refractivity contribution in [3.63, 3.8) is 0 Å². The van der Waals surface area contributed by atoms with E-state index in [0.717, 1.165) is 0 Å². The third-order valence-electron chi connectivity index (χ3n) is 0. The predicted octanol–water partition coefficient (Wildman–Crippen LogP) is 0.633. The lowest BCUT2D eigenvalue weighted by molar-refractivity contribution is 0.634. The highest BCUT2D eigenvalue weighted by molar-refractivity contribution is 8.11. The molecular formula is C2H7OPS. The van der Waals surface area contributed by atoms with E-state index in [1.165, 1.54) is 6.66 Å². The normalized spacial score (nSPS) is 32.8. The molecule has 0 heterocycles. The molecule has 1 N–H and O–H groups in total. The summed E-state index contributed by atoms with van der Waals surface area (Å²) in [6.45, 7) is -1.14. The van der Waals surface area contributed by atoms with Crippen molar-refractivity contribution in [2.24, 2.45) is 0 Å². The zero-order valence-corrected chi connectivity index (χ0v) is 4.51. The van der Waals surface area contributed by atoms with Crippen molar-refractivity contribution in [1.29, 1.82) is 0 Å². The maximum atomic E-state index is 8.72. The first kappa shape index (κ1) is 2.06. The first-order chi connectivity index (χ1) is 3.25. The monoisotopic (exact) mass is 113 g/mol. The molecule has 0 aliphatic heterocycles. The van der Waals surface area contributed by atoms with Crippen LogP contribution in [0.4, 0.5) is 0 Å². The molecule has 32 valence electrons. The van der Waals surface area contributed by atoms with Gasteiger partial charge in [-0.3, -0.25) is 0 Å². The average Bonchev–Trinajstić information content (AvgIpc) is 1.25. The van der Waals surface area contributed by atoms with Crippen molar-refractivity contribution >= 4 is 18.1 Å².